The molecular weight excluding hydrogens is 382 g/mol. The van der Waals surface area contributed by atoms with Crippen LogP contribution in [-0.4, -0.2) is 50.7 Å². The third kappa shape index (κ3) is 3.28. The molecule has 0 atom stereocenters. The van der Waals surface area contributed by atoms with Crippen LogP contribution in [0.25, 0.3) is 16.3 Å². The summed E-state index contributed by atoms with van der Waals surface area (Å²) < 4.78 is 1.83. The molecule has 2 aromatic heterocycles. The highest BCUT2D eigenvalue weighted by Crippen LogP contribution is 2.47. The molecule has 3 heterocycles. The van der Waals surface area contributed by atoms with Crippen molar-refractivity contribution in [3.05, 3.63) is 53.8 Å². The number of benzene rings is 1. The summed E-state index contributed by atoms with van der Waals surface area (Å²) in [5.41, 5.74) is 2.91. The van der Waals surface area contributed by atoms with Crippen LogP contribution in [-0.2, 0) is 0 Å². The van der Waals surface area contributed by atoms with Crippen molar-refractivity contribution in [3.8, 4) is 16.3 Å². The van der Waals surface area contributed by atoms with Gasteiger partial charge in [-0.2, -0.15) is 5.10 Å². The maximum atomic E-state index is 13.2. The highest BCUT2D eigenvalue weighted by molar-refractivity contribution is 7.13. The topological polar surface area (TPSA) is 63.1 Å². The lowest BCUT2D eigenvalue weighted by atomic mass is 9.61. The van der Waals surface area contributed by atoms with E-state index in [9.17, 15) is 4.79 Å². The highest BCUT2D eigenvalue weighted by atomic mass is 32.1. The Kier molecular flexibility index (Phi) is 4.52. The maximum absolute atomic E-state index is 13.2. The summed E-state index contributed by atoms with van der Waals surface area (Å²) in [6, 6.07) is 10.5. The Morgan fingerprint density at radius 3 is 2.69 bits per heavy atom. The van der Waals surface area contributed by atoms with Crippen molar-refractivity contribution < 1.29 is 4.79 Å². The van der Waals surface area contributed by atoms with E-state index in [1.165, 1.54) is 11.3 Å². The molecule has 1 aromatic carbocycles. The van der Waals surface area contributed by atoms with Gasteiger partial charge in [-0.25, -0.2) is 9.67 Å². The number of aromatic nitrogens is 3. The third-order valence-electron chi connectivity index (χ3n) is 6.10. The molecule has 29 heavy (non-hydrogen) atoms. The van der Waals surface area contributed by atoms with Crippen LogP contribution >= 0.6 is 11.3 Å². The van der Waals surface area contributed by atoms with Crippen LogP contribution in [0, 0.1) is 5.41 Å². The predicted molar refractivity (Wildman–Crippen MR) is 114 cm³/mol. The molecule has 2 aliphatic rings. The van der Waals surface area contributed by atoms with Gasteiger partial charge in [0.2, 0.25) is 0 Å². The number of thiazole rings is 1. The lowest BCUT2D eigenvalue weighted by Crippen LogP contribution is -2.66. The second kappa shape index (κ2) is 7.07. The Hall–Kier alpha value is -2.51. The monoisotopic (exact) mass is 407 g/mol. The van der Waals surface area contributed by atoms with Crippen molar-refractivity contribution in [2.45, 2.75) is 38.8 Å². The van der Waals surface area contributed by atoms with Gasteiger partial charge in [-0.3, -0.25) is 4.79 Å². The molecule has 1 aliphatic heterocycles. The SMILES string of the molecule is CC(C)N(C(=O)c1csc(-c2cnn(-c3ccccc3)c2)n1)C1CC2(CNC2)C1. The molecule has 0 bridgehead atoms. The molecule has 0 unspecified atom stereocenters. The number of amides is 1. The van der Waals surface area contributed by atoms with Gasteiger partial charge < -0.3 is 10.2 Å². The molecule has 0 radical (unpaired) electrons. The van der Waals surface area contributed by atoms with E-state index in [2.05, 4.69) is 29.2 Å². The fraction of sp³-hybridized carbons (Fsp3) is 0.409. The minimum Gasteiger partial charge on any atom is -0.332 e. The van der Waals surface area contributed by atoms with Crippen LogP contribution in [0.15, 0.2) is 48.1 Å². The van der Waals surface area contributed by atoms with Crippen molar-refractivity contribution in [2.75, 3.05) is 13.1 Å². The van der Waals surface area contributed by atoms with Crippen molar-refractivity contribution in [1.29, 1.82) is 0 Å². The average Bonchev–Trinajstić information content (AvgIpc) is 3.31. The first-order chi connectivity index (χ1) is 14.0. The zero-order valence-electron chi connectivity index (χ0n) is 16.7. The molecule has 7 heteroatoms. The number of hydrogen-bond donors (Lipinski definition) is 1. The summed E-state index contributed by atoms with van der Waals surface area (Å²) in [7, 11) is 0. The molecule has 5 rings (SSSR count). The average molecular weight is 408 g/mol. The minimum atomic E-state index is 0.0464. The van der Waals surface area contributed by atoms with Crippen LogP contribution in [0.2, 0.25) is 0 Å². The van der Waals surface area contributed by atoms with E-state index in [1.807, 2.05) is 51.5 Å². The molecule has 2 fully saturated rings. The number of carbonyl (C=O) groups excluding carboxylic acids is 1. The molecule has 150 valence electrons. The van der Waals surface area contributed by atoms with Gasteiger partial charge in [-0.15, -0.1) is 11.3 Å². The van der Waals surface area contributed by atoms with Gasteiger partial charge in [0.25, 0.3) is 5.91 Å². The predicted octanol–water partition coefficient (Wildman–Crippen LogP) is 3.60. The summed E-state index contributed by atoms with van der Waals surface area (Å²) in [4.78, 5) is 19.9. The van der Waals surface area contributed by atoms with Crippen LogP contribution in [0.1, 0.15) is 37.2 Å². The Morgan fingerprint density at radius 1 is 1.28 bits per heavy atom. The van der Waals surface area contributed by atoms with Crippen molar-refractivity contribution in [3.63, 3.8) is 0 Å². The fourth-order valence-electron chi connectivity index (χ4n) is 4.52. The second-order valence-electron chi connectivity index (χ2n) is 8.52. The van der Waals surface area contributed by atoms with Gasteiger partial charge in [0.15, 0.2) is 0 Å². The Morgan fingerprint density at radius 2 is 2.03 bits per heavy atom. The molecular formula is C22H25N5OS. The first kappa shape index (κ1) is 18.5. The van der Waals surface area contributed by atoms with Crippen LogP contribution in [0.3, 0.4) is 0 Å². The number of nitrogens with one attached hydrogen (secondary N) is 1. The van der Waals surface area contributed by atoms with Gasteiger partial charge in [-0.1, -0.05) is 18.2 Å². The number of para-hydroxylation sites is 1. The van der Waals surface area contributed by atoms with Crippen molar-refractivity contribution >= 4 is 17.2 Å². The molecule has 1 spiro atoms. The number of rotatable bonds is 5. The van der Waals surface area contributed by atoms with E-state index in [-0.39, 0.29) is 11.9 Å². The van der Waals surface area contributed by atoms with Gasteiger partial charge in [0.05, 0.1) is 11.9 Å². The molecule has 6 nitrogen and oxygen atoms in total. The maximum Gasteiger partial charge on any atom is 0.273 e. The second-order valence-corrected chi connectivity index (χ2v) is 9.38. The normalized spacial score (nSPS) is 17.9. The van der Waals surface area contributed by atoms with Gasteiger partial charge >= 0.3 is 0 Å². The fourth-order valence-corrected chi connectivity index (χ4v) is 5.29. The minimum absolute atomic E-state index is 0.0464. The number of hydrogen-bond acceptors (Lipinski definition) is 5. The molecule has 1 aliphatic carbocycles. The molecule has 1 N–H and O–H groups in total. The van der Waals surface area contributed by atoms with E-state index in [1.54, 1.807) is 6.20 Å². The molecule has 1 amide bonds. The summed E-state index contributed by atoms with van der Waals surface area (Å²) in [6.07, 6.45) is 5.97. The molecule has 1 saturated heterocycles. The van der Waals surface area contributed by atoms with E-state index < -0.39 is 0 Å². The number of nitrogens with zero attached hydrogens (tertiary/aromatic N) is 4. The Labute approximate surface area is 174 Å². The van der Waals surface area contributed by atoms with Crippen LogP contribution in [0.5, 0.6) is 0 Å². The van der Waals surface area contributed by atoms with E-state index >= 15 is 0 Å². The van der Waals surface area contributed by atoms with E-state index in [4.69, 9.17) is 0 Å². The van der Waals surface area contributed by atoms with Crippen LogP contribution in [0.4, 0.5) is 0 Å². The van der Waals surface area contributed by atoms with Gasteiger partial charge in [0.1, 0.15) is 10.7 Å². The van der Waals surface area contributed by atoms with Crippen molar-refractivity contribution in [2.24, 2.45) is 5.41 Å². The molecule has 1 saturated carbocycles. The van der Waals surface area contributed by atoms with Crippen LogP contribution < -0.4 is 5.32 Å². The summed E-state index contributed by atoms with van der Waals surface area (Å²) in [5.74, 6) is 0.0464. The van der Waals surface area contributed by atoms with Gasteiger partial charge in [0, 0.05) is 42.3 Å². The smallest absolute Gasteiger partial charge is 0.273 e. The summed E-state index contributed by atoms with van der Waals surface area (Å²) in [5, 5.41) is 10.5. The lowest BCUT2D eigenvalue weighted by molar-refractivity contribution is -0.0360. The zero-order valence-corrected chi connectivity index (χ0v) is 17.5. The summed E-state index contributed by atoms with van der Waals surface area (Å²) in [6.45, 7) is 6.38. The van der Waals surface area contributed by atoms with Gasteiger partial charge in [-0.05, 0) is 44.2 Å². The highest BCUT2D eigenvalue weighted by Gasteiger charge is 2.51. The Bertz CT molecular complexity index is 1010. The largest absolute Gasteiger partial charge is 0.332 e. The van der Waals surface area contributed by atoms with E-state index in [0.29, 0.717) is 17.2 Å². The summed E-state index contributed by atoms with van der Waals surface area (Å²) >= 11 is 1.50. The third-order valence-corrected chi connectivity index (χ3v) is 6.99. The quantitative estimate of drug-likeness (QED) is 0.702. The number of carbonyl (C=O) groups is 1. The first-order valence-corrected chi connectivity index (χ1v) is 11.0. The zero-order chi connectivity index (χ0) is 20.0. The van der Waals surface area contributed by atoms with E-state index in [0.717, 1.165) is 42.2 Å². The first-order valence-electron chi connectivity index (χ1n) is 10.1. The lowest BCUT2D eigenvalue weighted by Gasteiger charge is -2.57. The standard InChI is InChI=1S/C22H25N5OS/c1-15(2)27(18-8-22(9-18)13-23-14-22)21(28)19-12-29-20(25-19)16-10-24-26(11-16)17-6-4-3-5-7-17/h3-7,10-12,15,18,23H,8-9,13-14H2,1-2H3. The van der Waals surface area contributed by atoms with Crippen molar-refractivity contribution in [1.82, 2.24) is 25.0 Å². The molecule has 3 aromatic rings. The Balaban J connectivity index is 1.34.